The van der Waals surface area contributed by atoms with Crippen LogP contribution in [-0.4, -0.2) is 22.0 Å². The second-order valence-corrected chi connectivity index (χ2v) is 9.37. The minimum Gasteiger partial charge on any atom is -0.373 e. The van der Waals surface area contributed by atoms with Gasteiger partial charge in [0.1, 0.15) is 11.6 Å². The molecule has 6 nitrogen and oxygen atoms in total. The molecule has 2 N–H and O–H groups in total. The number of nitrogens with zero attached hydrogens (tertiary/aromatic N) is 1. The van der Waals surface area contributed by atoms with Gasteiger partial charge in [-0.2, -0.15) is 17.6 Å². The highest BCUT2D eigenvalue weighted by Crippen LogP contribution is 2.38. The summed E-state index contributed by atoms with van der Waals surface area (Å²) in [5, 5.41) is 3.15. The maximum atomic E-state index is 15.4. The van der Waals surface area contributed by atoms with Gasteiger partial charge in [0, 0.05) is 23.0 Å². The van der Waals surface area contributed by atoms with Gasteiger partial charge < -0.3 is 15.0 Å². The molecule has 1 heterocycles. The van der Waals surface area contributed by atoms with Gasteiger partial charge in [-0.1, -0.05) is 36.7 Å². The first kappa shape index (κ1) is 27.7. The highest BCUT2D eigenvalue weighted by atomic mass is 35.5. The molecule has 3 aromatic rings. The quantitative estimate of drug-likeness (QED) is 0.356. The Labute approximate surface area is 219 Å². The van der Waals surface area contributed by atoms with E-state index in [1.165, 1.54) is 6.92 Å². The van der Waals surface area contributed by atoms with Crippen molar-refractivity contribution in [3.8, 4) is 11.4 Å². The van der Waals surface area contributed by atoms with Crippen LogP contribution in [0.15, 0.2) is 41.2 Å². The summed E-state index contributed by atoms with van der Waals surface area (Å²) < 4.78 is 76.0. The summed E-state index contributed by atoms with van der Waals surface area (Å²) in [6, 6.07) is 8.70. The van der Waals surface area contributed by atoms with Crippen LogP contribution in [-0.2, 0) is 35.3 Å². The average molecular weight is 556 g/mol. The van der Waals surface area contributed by atoms with Crippen molar-refractivity contribution in [1.29, 1.82) is 0 Å². The van der Waals surface area contributed by atoms with Crippen molar-refractivity contribution in [3.63, 3.8) is 0 Å². The van der Waals surface area contributed by atoms with E-state index in [0.29, 0.717) is 30.5 Å². The Morgan fingerprint density at radius 1 is 1.13 bits per heavy atom. The number of hydrogen-bond acceptors (Lipinski definition) is 4. The van der Waals surface area contributed by atoms with Crippen LogP contribution in [0, 0.1) is 17.6 Å². The molecule has 1 aliphatic carbocycles. The standard InChI is InChI=1S/C26H23ClF5N3O3/c1-2-19-22(29)25(37)35-23(34-19)20-18(26(30,31)32)8-5-14(21(20)28)11-33-24(36)15-9-17(10-15)38-12-13-3-6-16(27)7-4-13/h3-8,15,17H,2,9-12H2,1H3,(H,33,36)(H,34,35,37). The van der Waals surface area contributed by atoms with Crippen molar-refractivity contribution in [2.75, 3.05) is 0 Å². The molecule has 1 aromatic heterocycles. The first-order valence-corrected chi connectivity index (χ1v) is 12.2. The Balaban J connectivity index is 1.44. The molecule has 1 saturated carbocycles. The van der Waals surface area contributed by atoms with Gasteiger partial charge in [-0.05, 0) is 43.0 Å². The van der Waals surface area contributed by atoms with E-state index in [0.717, 1.165) is 11.6 Å². The fraction of sp³-hybridized carbons (Fsp3) is 0.346. The number of amides is 1. The zero-order valence-electron chi connectivity index (χ0n) is 20.1. The highest BCUT2D eigenvalue weighted by Gasteiger charge is 2.38. The molecule has 1 fully saturated rings. The summed E-state index contributed by atoms with van der Waals surface area (Å²) in [7, 11) is 0. The molecule has 0 aliphatic heterocycles. The first-order valence-electron chi connectivity index (χ1n) is 11.8. The van der Waals surface area contributed by atoms with Crippen LogP contribution in [0.3, 0.4) is 0 Å². The number of carbonyl (C=O) groups excluding carboxylic acids is 1. The number of nitrogens with one attached hydrogen (secondary N) is 2. The summed E-state index contributed by atoms with van der Waals surface area (Å²) in [6.45, 7) is 1.42. The molecule has 0 radical (unpaired) electrons. The number of benzene rings is 2. The second kappa shape index (κ2) is 11.2. The molecular weight excluding hydrogens is 533 g/mol. The number of rotatable bonds is 8. The molecular formula is C26H23ClF5N3O3. The zero-order valence-corrected chi connectivity index (χ0v) is 20.9. The molecule has 2 aromatic carbocycles. The van der Waals surface area contributed by atoms with Gasteiger partial charge in [0.05, 0.1) is 29.5 Å². The van der Waals surface area contributed by atoms with Crippen molar-refractivity contribution in [1.82, 2.24) is 15.3 Å². The summed E-state index contributed by atoms with van der Waals surface area (Å²) in [5.74, 6) is -4.09. The lowest BCUT2D eigenvalue weighted by Crippen LogP contribution is -2.42. The van der Waals surface area contributed by atoms with E-state index in [4.69, 9.17) is 16.3 Å². The van der Waals surface area contributed by atoms with Crippen molar-refractivity contribution in [2.24, 2.45) is 5.92 Å². The lowest BCUT2D eigenvalue weighted by Gasteiger charge is -2.34. The lowest BCUT2D eigenvalue weighted by molar-refractivity contribution is -0.137. The molecule has 1 aliphatic rings. The number of aromatic amines is 1. The first-order chi connectivity index (χ1) is 18.0. The van der Waals surface area contributed by atoms with E-state index in [-0.39, 0.29) is 24.0 Å². The van der Waals surface area contributed by atoms with E-state index >= 15 is 4.39 Å². The zero-order chi connectivity index (χ0) is 27.6. The Morgan fingerprint density at radius 3 is 2.45 bits per heavy atom. The van der Waals surface area contributed by atoms with Crippen LogP contribution in [0.25, 0.3) is 11.4 Å². The summed E-state index contributed by atoms with van der Waals surface area (Å²) >= 11 is 5.85. The monoisotopic (exact) mass is 555 g/mol. The number of carbonyl (C=O) groups is 1. The number of ether oxygens (including phenoxy) is 1. The fourth-order valence-electron chi connectivity index (χ4n) is 4.12. The van der Waals surface area contributed by atoms with E-state index in [9.17, 15) is 27.2 Å². The number of aromatic nitrogens is 2. The molecule has 0 unspecified atom stereocenters. The Bertz CT molecular complexity index is 1390. The predicted octanol–water partition coefficient (Wildman–Crippen LogP) is 5.56. The fourth-order valence-corrected chi connectivity index (χ4v) is 4.24. The van der Waals surface area contributed by atoms with Crippen LogP contribution in [0.4, 0.5) is 22.0 Å². The second-order valence-electron chi connectivity index (χ2n) is 8.93. The SMILES string of the molecule is CCc1nc(-c2c(C(F)(F)F)ccc(CNC(=O)C3CC(OCc4ccc(Cl)cc4)C3)c2F)[nH]c(=O)c1F. The third-order valence-corrected chi connectivity index (χ3v) is 6.60. The number of hydrogen-bond donors (Lipinski definition) is 2. The van der Waals surface area contributed by atoms with Crippen molar-refractivity contribution in [2.45, 2.75) is 51.6 Å². The van der Waals surface area contributed by atoms with Crippen molar-refractivity contribution < 1.29 is 31.5 Å². The number of H-pyrrole nitrogens is 1. The van der Waals surface area contributed by atoms with Crippen LogP contribution in [0.5, 0.6) is 0 Å². The normalized spacial score (nSPS) is 17.2. The van der Waals surface area contributed by atoms with Crippen LogP contribution in [0.2, 0.25) is 5.02 Å². The molecule has 1 amide bonds. The molecule has 0 saturated heterocycles. The number of aryl methyl sites for hydroxylation is 1. The van der Waals surface area contributed by atoms with Gasteiger partial charge in [-0.25, -0.2) is 9.37 Å². The summed E-state index contributed by atoms with van der Waals surface area (Å²) in [4.78, 5) is 30.0. The van der Waals surface area contributed by atoms with Gasteiger partial charge in [0.25, 0.3) is 5.56 Å². The molecule has 4 rings (SSSR count). The Kier molecular flexibility index (Phi) is 8.17. The topological polar surface area (TPSA) is 84.1 Å². The van der Waals surface area contributed by atoms with Gasteiger partial charge in [0.15, 0.2) is 0 Å². The van der Waals surface area contributed by atoms with E-state index in [1.807, 2.05) is 17.1 Å². The maximum absolute atomic E-state index is 15.4. The van der Waals surface area contributed by atoms with Gasteiger partial charge in [-0.3, -0.25) is 9.59 Å². The molecule has 0 atom stereocenters. The average Bonchev–Trinajstić information content (AvgIpc) is 2.84. The third-order valence-electron chi connectivity index (χ3n) is 6.35. The van der Waals surface area contributed by atoms with Gasteiger partial charge in [-0.15, -0.1) is 0 Å². The van der Waals surface area contributed by atoms with E-state index in [1.54, 1.807) is 12.1 Å². The largest absolute Gasteiger partial charge is 0.417 e. The highest BCUT2D eigenvalue weighted by molar-refractivity contribution is 6.30. The molecule has 12 heteroatoms. The minimum absolute atomic E-state index is 0.0900. The smallest absolute Gasteiger partial charge is 0.373 e. The molecule has 202 valence electrons. The lowest BCUT2D eigenvalue weighted by atomic mass is 9.81. The third kappa shape index (κ3) is 6.05. The number of halogens is 6. The van der Waals surface area contributed by atoms with Gasteiger partial charge in [0.2, 0.25) is 11.7 Å². The molecule has 0 bridgehead atoms. The Hall–Kier alpha value is -3.31. The van der Waals surface area contributed by atoms with E-state index < -0.39 is 58.5 Å². The minimum atomic E-state index is -4.98. The van der Waals surface area contributed by atoms with Crippen LogP contribution >= 0.6 is 11.6 Å². The van der Waals surface area contributed by atoms with Crippen molar-refractivity contribution >= 4 is 17.5 Å². The molecule has 38 heavy (non-hydrogen) atoms. The maximum Gasteiger partial charge on any atom is 0.417 e. The van der Waals surface area contributed by atoms with Gasteiger partial charge >= 0.3 is 6.18 Å². The van der Waals surface area contributed by atoms with Crippen LogP contribution < -0.4 is 10.9 Å². The summed E-state index contributed by atoms with van der Waals surface area (Å²) in [5.41, 5.74) is -3.43. The van der Waals surface area contributed by atoms with Crippen LogP contribution in [0.1, 0.15) is 42.1 Å². The number of alkyl halides is 3. The predicted molar refractivity (Wildman–Crippen MR) is 129 cm³/mol. The van der Waals surface area contributed by atoms with E-state index in [2.05, 4.69) is 10.3 Å². The summed E-state index contributed by atoms with van der Waals surface area (Å²) in [6.07, 6.45) is -4.32. The van der Waals surface area contributed by atoms with Crippen molar-refractivity contribution in [3.05, 3.63) is 85.8 Å². The molecule has 0 spiro atoms. The Morgan fingerprint density at radius 2 is 1.82 bits per heavy atom.